The van der Waals surface area contributed by atoms with Crippen molar-refractivity contribution < 1.29 is 0 Å². The van der Waals surface area contributed by atoms with E-state index in [4.69, 9.17) is 23.2 Å². The molecule has 0 bridgehead atoms. The number of aryl methyl sites for hydroxylation is 1. The second-order valence-corrected chi connectivity index (χ2v) is 4.98. The number of para-hydroxylation sites is 1. The molecule has 0 aliphatic rings. The van der Waals surface area contributed by atoms with Crippen LogP contribution < -0.4 is 0 Å². The Labute approximate surface area is 120 Å². The maximum atomic E-state index is 6.05. The predicted molar refractivity (Wildman–Crippen MR) is 78.2 cm³/mol. The molecule has 2 aromatic heterocycles. The topological polar surface area (TPSA) is 30.7 Å². The standard InChI is InChI=1S/C14H11Cl2N3/c1-9-12(16)8-19(18-9)14-11(7-15)6-10-4-2-3-5-13(10)17-14/h2-6,8H,7H2,1H3. The van der Waals surface area contributed by atoms with Crippen molar-refractivity contribution >= 4 is 34.1 Å². The number of aromatic nitrogens is 3. The molecule has 0 aliphatic carbocycles. The van der Waals surface area contributed by atoms with Gasteiger partial charge in [0.2, 0.25) is 0 Å². The molecule has 0 fully saturated rings. The number of halogens is 2. The summed E-state index contributed by atoms with van der Waals surface area (Å²) in [5.74, 6) is 1.10. The number of fused-ring (bicyclic) bond motifs is 1. The summed E-state index contributed by atoms with van der Waals surface area (Å²) in [4.78, 5) is 4.63. The van der Waals surface area contributed by atoms with Gasteiger partial charge in [-0.25, -0.2) is 9.67 Å². The van der Waals surface area contributed by atoms with Gasteiger partial charge in [-0.1, -0.05) is 29.8 Å². The monoisotopic (exact) mass is 291 g/mol. The number of alkyl halides is 1. The Morgan fingerprint density at radius 2 is 2.05 bits per heavy atom. The Hall–Kier alpha value is -1.58. The van der Waals surface area contributed by atoms with Crippen LogP contribution in [0.15, 0.2) is 36.5 Å². The van der Waals surface area contributed by atoms with Crippen LogP contribution in [-0.2, 0) is 5.88 Å². The van der Waals surface area contributed by atoms with Gasteiger partial charge < -0.3 is 0 Å². The number of hydrogen-bond donors (Lipinski definition) is 0. The molecular weight excluding hydrogens is 281 g/mol. The third kappa shape index (κ3) is 2.20. The molecule has 0 amide bonds. The molecule has 19 heavy (non-hydrogen) atoms. The van der Waals surface area contributed by atoms with Crippen molar-refractivity contribution in [2.24, 2.45) is 0 Å². The lowest BCUT2D eigenvalue weighted by Gasteiger charge is -2.08. The van der Waals surface area contributed by atoms with Crippen LogP contribution in [0.4, 0.5) is 0 Å². The molecule has 96 valence electrons. The van der Waals surface area contributed by atoms with E-state index in [0.717, 1.165) is 28.0 Å². The van der Waals surface area contributed by atoms with Crippen LogP contribution in [0.2, 0.25) is 5.02 Å². The molecule has 0 radical (unpaired) electrons. The average Bonchev–Trinajstić information content (AvgIpc) is 2.77. The molecule has 0 atom stereocenters. The zero-order chi connectivity index (χ0) is 13.4. The molecule has 3 aromatic rings. The van der Waals surface area contributed by atoms with Gasteiger partial charge in [0, 0.05) is 10.9 Å². The van der Waals surface area contributed by atoms with E-state index >= 15 is 0 Å². The Morgan fingerprint density at radius 3 is 2.74 bits per heavy atom. The molecule has 1 aromatic carbocycles. The molecule has 2 heterocycles. The van der Waals surface area contributed by atoms with Gasteiger partial charge in [0.25, 0.3) is 0 Å². The van der Waals surface area contributed by atoms with Crippen LogP contribution in [-0.4, -0.2) is 14.8 Å². The van der Waals surface area contributed by atoms with Gasteiger partial charge in [-0.3, -0.25) is 0 Å². The van der Waals surface area contributed by atoms with Gasteiger partial charge in [0.05, 0.1) is 28.3 Å². The van der Waals surface area contributed by atoms with Gasteiger partial charge in [-0.05, 0) is 19.1 Å². The second kappa shape index (κ2) is 4.83. The summed E-state index contributed by atoms with van der Waals surface area (Å²) in [5.41, 5.74) is 2.62. The summed E-state index contributed by atoms with van der Waals surface area (Å²) in [6.07, 6.45) is 1.75. The van der Waals surface area contributed by atoms with Gasteiger partial charge in [-0.15, -0.1) is 11.6 Å². The number of nitrogens with zero attached hydrogens (tertiary/aromatic N) is 3. The first-order valence-corrected chi connectivity index (χ1v) is 6.77. The summed E-state index contributed by atoms with van der Waals surface area (Å²) >= 11 is 12.1. The van der Waals surface area contributed by atoms with Gasteiger partial charge in [0.15, 0.2) is 5.82 Å². The zero-order valence-electron chi connectivity index (χ0n) is 10.3. The number of benzene rings is 1. The lowest BCUT2D eigenvalue weighted by atomic mass is 10.1. The van der Waals surface area contributed by atoms with Crippen molar-refractivity contribution in [1.82, 2.24) is 14.8 Å². The first-order valence-electron chi connectivity index (χ1n) is 5.86. The largest absolute Gasteiger partial charge is 0.228 e. The van der Waals surface area contributed by atoms with E-state index in [1.54, 1.807) is 10.9 Å². The molecule has 0 spiro atoms. The molecule has 0 unspecified atom stereocenters. The Balaban J connectivity index is 2.26. The third-order valence-corrected chi connectivity index (χ3v) is 3.64. The SMILES string of the molecule is Cc1nn(-c2nc3ccccc3cc2CCl)cc1Cl. The summed E-state index contributed by atoms with van der Waals surface area (Å²) in [6, 6.07) is 9.96. The van der Waals surface area contributed by atoms with Crippen molar-refractivity contribution in [3.63, 3.8) is 0 Å². The van der Waals surface area contributed by atoms with Crippen molar-refractivity contribution in [3.8, 4) is 5.82 Å². The van der Waals surface area contributed by atoms with Crippen molar-refractivity contribution in [2.75, 3.05) is 0 Å². The second-order valence-electron chi connectivity index (χ2n) is 4.30. The molecule has 3 nitrogen and oxygen atoms in total. The van der Waals surface area contributed by atoms with E-state index in [2.05, 4.69) is 10.1 Å². The van der Waals surface area contributed by atoms with E-state index in [9.17, 15) is 0 Å². The zero-order valence-corrected chi connectivity index (χ0v) is 11.8. The van der Waals surface area contributed by atoms with E-state index in [0.29, 0.717) is 10.9 Å². The molecule has 3 rings (SSSR count). The fourth-order valence-electron chi connectivity index (χ4n) is 1.99. The molecular formula is C14H11Cl2N3. The van der Waals surface area contributed by atoms with Gasteiger partial charge in [-0.2, -0.15) is 5.10 Å². The minimum Gasteiger partial charge on any atom is -0.228 e. The van der Waals surface area contributed by atoms with Gasteiger partial charge in [0.1, 0.15) is 0 Å². The van der Waals surface area contributed by atoms with E-state index in [1.165, 1.54) is 0 Å². The third-order valence-electron chi connectivity index (χ3n) is 2.98. The normalized spacial score (nSPS) is 11.1. The molecule has 0 saturated carbocycles. The first-order chi connectivity index (χ1) is 9.19. The molecule has 0 N–H and O–H groups in total. The summed E-state index contributed by atoms with van der Waals surface area (Å²) in [6.45, 7) is 1.86. The summed E-state index contributed by atoms with van der Waals surface area (Å²) in [5, 5.41) is 6.05. The summed E-state index contributed by atoms with van der Waals surface area (Å²) < 4.78 is 1.68. The number of rotatable bonds is 2. The first kappa shape index (κ1) is 12.5. The molecule has 0 saturated heterocycles. The van der Waals surface area contributed by atoms with E-state index in [1.807, 2.05) is 37.3 Å². The minimum atomic E-state index is 0.379. The number of hydrogen-bond acceptors (Lipinski definition) is 2. The highest BCUT2D eigenvalue weighted by molar-refractivity contribution is 6.31. The fourth-order valence-corrected chi connectivity index (χ4v) is 2.32. The fraction of sp³-hybridized carbons (Fsp3) is 0.143. The highest BCUT2D eigenvalue weighted by Gasteiger charge is 2.11. The smallest absolute Gasteiger partial charge is 0.158 e. The highest BCUT2D eigenvalue weighted by atomic mass is 35.5. The van der Waals surface area contributed by atoms with Crippen LogP contribution in [0.3, 0.4) is 0 Å². The lowest BCUT2D eigenvalue weighted by Crippen LogP contribution is -2.03. The molecule has 5 heteroatoms. The Morgan fingerprint density at radius 1 is 1.26 bits per heavy atom. The summed E-state index contributed by atoms with van der Waals surface area (Å²) in [7, 11) is 0. The van der Waals surface area contributed by atoms with Crippen LogP contribution in [0.25, 0.3) is 16.7 Å². The van der Waals surface area contributed by atoms with Crippen LogP contribution >= 0.6 is 23.2 Å². The van der Waals surface area contributed by atoms with E-state index in [-0.39, 0.29) is 0 Å². The lowest BCUT2D eigenvalue weighted by molar-refractivity contribution is 0.828. The van der Waals surface area contributed by atoms with Crippen molar-refractivity contribution in [3.05, 3.63) is 52.8 Å². The van der Waals surface area contributed by atoms with Crippen molar-refractivity contribution in [1.29, 1.82) is 0 Å². The highest BCUT2D eigenvalue weighted by Crippen LogP contribution is 2.23. The minimum absolute atomic E-state index is 0.379. The maximum Gasteiger partial charge on any atom is 0.158 e. The number of pyridine rings is 1. The van der Waals surface area contributed by atoms with Crippen LogP contribution in [0, 0.1) is 6.92 Å². The average molecular weight is 292 g/mol. The molecule has 0 aliphatic heterocycles. The van der Waals surface area contributed by atoms with Crippen LogP contribution in [0.1, 0.15) is 11.3 Å². The van der Waals surface area contributed by atoms with Gasteiger partial charge >= 0.3 is 0 Å². The van der Waals surface area contributed by atoms with E-state index < -0.39 is 0 Å². The maximum absolute atomic E-state index is 6.05. The Bertz CT molecular complexity index is 730. The quantitative estimate of drug-likeness (QED) is 0.665. The van der Waals surface area contributed by atoms with Crippen molar-refractivity contribution in [2.45, 2.75) is 12.8 Å². The predicted octanol–water partition coefficient (Wildman–Crippen LogP) is 4.12. The Kier molecular flexibility index (Phi) is 3.17. The van der Waals surface area contributed by atoms with Crippen LogP contribution in [0.5, 0.6) is 0 Å².